The first-order valence-electron chi connectivity index (χ1n) is 4.73. The molecule has 0 unspecified atom stereocenters. The highest BCUT2D eigenvalue weighted by molar-refractivity contribution is 5.09. The lowest BCUT2D eigenvalue weighted by molar-refractivity contribution is -0.389. The number of ether oxygens (including phenoxy) is 1. The Labute approximate surface area is 94.2 Å². The van der Waals surface area contributed by atoms with Crippen LogP contribution in [0, 0.1) is 10.1 Å². The van der Waals surface area contributed by atoms with Crippen molar-refractivity contribution in [3.63, 3.8) is 0 Å². The zero-order valence-corrected chi connectivity index (χ0v) is 8.45. The summed E-state index contributed by atoms with van der Waals surface area (Å²) in [5.74, 6) is -0.497. The highest BCUT2D eigenvalue weighted by Crippen LogP contribution is 2.28. The van der Waals surface area contributed by atoms with Gasteiger partial charge in [-0.1, -0.05) is 0 Å². The van der Waals surface area contributed by atoms with Crippen molar-refractivity contribution in [2.24, 2.45) is 0 Å². The molecule has 4 atom stereocenters. The summed E-state index contributed by atoms with van der Waals surface area (Å²) in [5, 5.41) is 45.0. The van der Waals surface area contributed by atoms with E-state index in [0.717, 1.165) is 10.9 Å². The van der Waals surface area contributed by atoms with Crippen LogP contribution in [0.1, 0.15) is 6.23 Å². The molecule has 0 aliphatic carbocycles. The van der Waals surface area contributed by atoms with Crippen LogP contribution in [-0.4, -0.2) is 60.2 Å². The second kappa shape index (κ2) is 4.33. The number of nitro groups is 1. The maximum atomic E-state index is 10.4. The lowest BCUT2D eigenvalue weighted by atomic mass is 10.1. The molecule has 0 saturated carbocycles. The van der Waals surface area contributed by atoms with Crippen LogP contribution < -0.4 is 0 Å². The Hall–Kier alpha value is -1.62. The summed E-state index contributed by atoms with van der Waals surface area (Å²) in [6.45, 7) is -0.481. The smallest absolute Gasteiger partial charge is 0.394 e. The number of aromatic nitrogens is 3. The number of hydrogen-bond acceptors (Lipinski definition) is 8. The lowest BCUT2D eigenvalue weighted by Crippen LogP contribution is -2.33. The van der Waals surface area contributed by atoms with E-state index in [1.54, 1.807) is 0 Å². The Morgan fingerprint density at radius 2 is 2.24 bits per heavy atom. The van der Waals surface area contributed by atoms with Crippen molar-refractivity contribution in [1.82, 2.24) is 15.0 Å². The average molecular weight is 246 g/mol. The van der Waals surface area contributed by atoms with Crippen LogP contribution in [0.5, 0.6) is 0 Å². The highest BCUT2D eigenvalue weighted by Gasteiger charge is 2.44. The van der Waals surface area contributed by atoms with E-state index >= 15 is 0 Å². The molecule has 10 nitrogen and oxygen atoms in total. The van der Waals surface area contributed by atoms with Crippen molar-refractivity contribution >= 4 is 5.82 Å². The zero-order valence-electron chi connectivity index (χ0n) is 8.45. The SMILES string of the molecule is O=[N+]([O-])c1cn([C@@H]2O[C@H](CO)[C@@H](O)[C@H]2O)nn1. The molecule has 1 aromatic rings. The summed E-state index contributed by atoms with van der Waals surface area (Å²) >= 11 is 0. The molecule has 17 heavy (non-hydrogen) atoms. The highest BCUT2D eigenvalue weighted by atomic mass is 16.6. The molecule has 0 amide bonds. The maximum Gasteiger partial charge on any atom is 0.410 e. The fourth-order valence-corrected chi connectivity index (χ4v) is 1.57. The van der Waals surface area contributed by atoms with Gasteiger partial charge in [-0.25, -0.2) is 0 Å². The van der Waals surface area contributed by atoms with Gasteiger partial charge >= 0.3 is 5.82 Å². The van der Waals surface area contributed by atoms with Crippen LogP contribution >= 0.6 is 0 Å². The topological polar surface area (TPSA) is 144 Å². The largest absolute Gasteiger partial charge is 0.410 e. The molecule has 3 N–H and O–H groups in total. The molecule has 1 aliphatic rings. The monoisotopic (exact) mass is 246 g/mol. The van der Waals surface area contributed by atoms with Gasteiger partial charge in [-0.15, -0.1) is 0 Å². The Bertz CT molecular complexity index is 422. The van der Waals surface area contributed by atoms with Crippen molar-refractivity contribution in [3.05, 3.63) is 16.3 Å². The van der Waals surface area contributed by atoms with E-state index in [9.17, 15) is 20.3 Å². The second-order valence-electron chi connectivity index (χ2n) is 3.54. The Morgan fingerprint density at radius 3 is 2.71 bits per heavy atom. The first kappa shape index (κ1) is 11.9. The zero-order chi connectivity index (χ0) is 12.6. The van der Waals surface area contributed by atoms with Gasteiger partial charge in [-0.05, 0) is 4.92 Å². The van der Waals surface area contributed by atoms with Gasteiger partial charge in [0, 0.05) is 0 Å². The standard InChI is InChI=1S/C7H10N4O6/c12-2-3-5(13)6(14)7(17-3)10-1-4(8-9-10)11(15)16/h1,3,5-7,12-14H,2H2/t3-,5-,6-,7-/m1/s1. The van der Waals surface area contributed by atoms with E-state index in [4.69, 9.17) is 9.84 Å². The summed E-state index contributed by atoms with van der Waals surface area (Å²) in [5.41, 5.74) is 0. The fraction of sp³-hybridized carbons (Fsp3) is 0.714. The number of hydrogen-bond donors (Lipinski definition) is 3. The third-order valence-electron chi connectivity index (χ3n) is 2.46. The van der Waals surface area contributed by atoms with Gasteiger partial charge in [0.05, 0.1) is 11.8 Å². The molecule has 1 saturated heterocycles. The summed E-state index contributed by atoms with van der Waals surface area (Å²) in [6, 6.07) is 0. The van der Waals surface area contributed by atoms with E-state index in [1.165, 1.54) is 0 Å². The van der Waals surface area contributed by atoms with Crippen molar-refractivity contribution in [1.29, 1.82) is 0 Å². The van der Waals surface area contributed by atoms with Crippen molar-refractivity contribution in [3.8, 4) is 0 Å². The Balaban J connectivity index is 2.19. The van der Waals surface area contributed by atoms with E-state index in [1.807, 2.05) is 0 Å². The fourth-order valence-electron chi connectivity index (χ4n) is 1.57. The van der Waals surface area contributed by atoms with Gasteiger partial charge in [0.2, 0.25) is 0 Å². The third kappa shape index (κ3) is 1.98. The van der Waals surface area contributed by atoms with Gasteiger partial charge in [-0.2, -0.15) is 4.68 Å². The van der Waals surface area contributed by atoms with E-state index < -0.39 is 41.9 Å². The molecule has 2 heterocycles. The minimum Gasteiger partial charge on any atom is -0.394 e. The quantitative estimate of drug-likeness (QED) is 0.402. The first-order chi connectivity index (χ1) is 8.04. The number of rotatable bonds is 3. The molecular formula is C7H10N4O6. The molecule has 0 spiro atoms. The Kier molecular flexibility index (Phi) is 3.02. The van der Waals surface area contributed by atoms with Gasteiger partial charge in [-0.3, -0.25) is 0 Å². The van der Waals surface area contributed by atoms with Crippen LogP contribution in [0.4, 0.5) is 5.82 Å². The second-order valence-corrected chi connectivity index (χ2v) is 3.54. The minimum absolute atomic E-state index is 0.481. The van der Waals surface area contributed by atoms with Crippen molar-refractivity contribution < 1.29 is 25.0 Å². The summed E-state index contributed by atoms with van der Waals surface area (Å²) in [7, 11) is 0. The molecular weight excluding hydrogens is 236 g/mol. The molecule has 1 aromatic heterocycles. The predicted octanol–water partition coefficient (Wildman–Crippen LogP) is -2.20. The first-order valence-corrected chi connectivity index (χ1v) is 4.73. The van der Waals surface area contributed by atoms with Crippen LogP contribution in [0.25, 0.3) is 0 Å². The third-order valence-corrected chi connectivity index (χ3v) is 2.46. The molecule has 1 aliphatic heterocycles. The van der Waals surface area contributed by atoms with Crippen LogP contribution in [0.15, 0.2) is 6.20 Å². The van der Waals surface area contributed by atoms with E-state index in [0.29, 0.717) is 0 Å². The van der Waals surface area contributed by atoms with Gasteiger partial charge < -0.3 is 30.2 Å². The molecule has 2 rings (SSSR count). The van der Waals surface area contributed by atoms with Gasteiger partial charge in [0.25, 0.3) is 0 Å². The van der Waals surface area contributed by atoms with Crippen LogP contribution in [0.2, 0.25) is 0 Å². The number of aliphatic hydroxyl groups excluding tert-OH is 3. The molecule has 10 heteroatoms. The van der Waals surface area contributed by atoms with Gasteiger partial charge in [0.15, 0.2) is 6.23 Å². The molecule has 1 fully saturated rings. The van der Waals surface area contributed by atoms with Gasteiger partial charge in [0.1, 0.15) is 29.6 Å². The average Bonchev–Trinajstić information content (AvgIpc) is 2.87. The van der Waals surface area contributed by atoms with Crippen LogP contribution in [-0.2, 0) is 4.74 Å². The summed E-state index contributed by atoms with van der Waals surface area (Å²) < 4.78 is 6.03. The predicted molar refractivity (Wildman–Crippen MR) is 49.7 cm³/mol. The normalized spacial score (nSPS) is 32.9. The molecule has 0 aromatic carbocycles. The number of nitrogens with zero attached hydrogens (tertiary/aromatic N) is 4. The number of aliphatic hydroxyl groups is 3. The molecule has 0 radical (unpaired) electrons. The lowest BCUT2D eigenvalue weighted by Gasteiger charge is -2.12. The van der Waals surface area contributed by atoms with E-state index in [2.05, 4.69) is 10.3 Å². The summed E-state index contributed by atoms with van der Waals surface area (Å²) in [4.78, 5) is 9.65. The minimum atomic E-state index is -1.34. The van der Waals surface area contributed by atoms with Crippen molar-refractivity contribution in [2.45, 2.75) is 24.5 Å². The Morgan fingerprint density at radius 1 is 1.53 bits per heavy atom. The maximum absolute atomic E-state index is 10.4. The van der Waals surface area contributed by atoms with Crippen LogP contribution in [0.3, 0.4) is 0 Å². The summed E-state index contributed by atoms with van der Waals surface area (Å²) in [6.07, 6.45) is -3.72. The van der Waals surface area contributed by atoms with Crippen molar-refractivity contribution in [2.75, 3.05) is 6.61 Å². The molecule has 94 valence electrons. The van der Waals surface area contributed by atoms with E-state index in [-0.39, 0.29) is 0 Å². The molecule has 0 bridgehead atoms.